The van der Waals surface area contributed by atoms with Crippen molar-refractivity contribution in [3.63, 3.8) is 0 Å². The van der Waals surface area contributed by atoms with Crippen LogP contribution < -0.4 is 0 Å². The molecular formula is C22H33NO7. The molecule has 1 aromatic rings. The molecule has 2 rings (SSSR count). The van der Waals surface area contributed by atoms with Gasteiger partial charge in [-0.2, -0.15) is 4.74 Å². The highest BCUT2D eigenvalue weighted by molar-refractivity contribution is 5.79. The molecule has 0 aromatic heterocycles. The predicted molar refractivity (Wildman–Crippen MR) is 111 cm³/mol. The van der Waals surface area contributed by atoms with Gasteiger partial charge in [0.15, 0.2) is 12.5 Å². The molecule has 0 N–H and O–H groups in total. The Hall–Kier alpha value is -2.00. The van der Waals surface area contributed by atoms with Gasteiger partial charge in [0.25, 0.3) is 0 Å². The van der Waals surface area contributed by atoms with Gasteiger partial charge in [-0.1, -0.05) is 18.2 Å². The lowest BCUT2D eigenvalue weighted by Gasteiger charge is -2.34. The Morgan fingerprint density at radius 3 is 2.07 bits per heavy atom. The van der Waals surface area contributed by atoms with Crippen molar-refractivity contribution in [1.82, 2.24) is 0 Å². The number of ether oxygens (including phenoxy) is 5. The molecule has 168 valence electrons. The summed E-state index contributed by atoms with van der Waals surface area (Å²) in [5.41, 5.74) is -0.912. The standard InChI is InChI=1S/C22H33NO7/c1-20(2)21(3,4)30-22(29-20,14-13-17(26-5)27-6)18(19(24)28-7)23(25)15-16-11-9-8-10-12-16/h8-12,15,17-18H,13-14H2,1-7H3/b23-15+. The molecule has 1 heterocycles. The molecule has 1 fully saturated rings. The SMILES string of the molecule is COC(=O)C(/[N+]([O-])=C\c1ccccc1)C1(CCC(OC)OC)OC(C)(C)C(C)(C)O1. The van der Waals surface area contributed by atoms with Crippen LogP contribution in [0.2, 0.25) is 0 Å². The quantitative estimate of drug-likeness (QED) is 0.151. The molecule has 0 bridgehead atoms. The Morgan fingerprint density at radius 2 is 1.60 bits per heavy atom. The first-order chi connectivity index (χ1) is 14.0. The van der Waals surface area contributed by atoms with Crippen molar-refractivity contribution in [2.45, 2.75) is 69.9 Å². The van der Waals surface area contributed by atoms with Crippen LogP contribution in [0.15, 0.2) is 30.3 Å². The number of hydrogen-bond donors (Lipinski definition) is 0. The van der Waals surface area contributed by atoms with Crippen LogP contribution in [0.4, 0.5) is 0 Å². The van der Waals surface area contributed by atoms with Gasteiger partial charge in [0, 0.05) is 32.6 Å². The Labute approximate surface area is 178 Å². The normalized spacial score (nSPS) is 20.9. The Morgan fingerprint density at radius 1 is 1.07 bits per heavy atom. The van der Waals surface area contributed by atoms with Crippen molar-refractivity contribution >= 4 is 12.2 Å². The minimum Gasteiger partial charge on any atom is -0.623 e. The number of nitrogens with zero attached hydrogens (tertiary/aromatic N) is 1. The van der Waals surface area contributed by atoms with E-state index in [1.807, 2.05) is 33.8 Å². The van der Waals surface area contributed by atoms with E-state index in [-0.39, 0.29) is 6.42 Å². The summed E-state index contributed by atoms with van der Waals surface area (Å²) in [6, 6.07) is 7.59. The predicted octanol–water partition coefficient (Wildman–Crippen LogP) is 2.86. The maximum atomic E-state index is 13.2. The van der Waals surface area contributed by atoms with Gasteiger partial charge in [-0.3, -0.25) is 0 Å². The second-order valence-corrected chi connectivity index (χ2v) is 8.30. The highest BCUT2D eigenvalue weighted by Crippen LogP contribution is 2.48. The third kappa shape index (κ3) is 5.00. The van der Waals surface area contributed by atoms with Crippen LogP contribution in [0, 0.1) is 5.21 Å². The number of hydroxylamine groups is 1. The van der Waals surface area contributed by atoms with Gasteiger partial charge in [0.05, 0.1) is 18.3 Å². The van der Waals surface area contributed by atoms with E-state index in [0.29, 0.717) is 16.7 Å². The molecular weight excluding hydrogens is 390 g/mol. The van der Waals surface area contributed by atoms with Gasteiger partial charge < -0.3 is 28.9 Å². The maximum absolute atomic E-state index is 13.2. The molecule has 0 saturated carbocycles. The van der Waals surface area contributed by atoms with Crippen molar-refractivity contribution < 1.29 is 33.2 Å². The molecule has 8 nitrogen and oxygen atoms in total. The fraction of sp³-hybridized carbons (Fsp3) is 0.636. The summed E-state index contributed by atoms with van der Waals surface area (Å²) >= 11 is 0. The van der Waals surface area contributed by atoms with E-state index in [0.717, 1.165) is 0 Å². The highest BCUT2D eigenvalue weighted by Gasteiger charge is 2.65. The second-order valence-electron chi connectivity index (χ2n) is 8.30. The summed E-state index contributed by atoms with van der Waals surface area (Å²) in [5, 5.41) is 13.2. The van der Waals surface area contributed by atoms with E-state index in [9.17, 15) is 10.0 Å². The molecule has 1 aliphatic rings. The fourth-order valence-electron chi connectivity index (χ4n) is 3.48. The van der Waals surface area contributed by atoms with E-state index >= 15 is 0 Å². The molecule has 0 spiro atoms. The molecule has 0 aliphatic carbocycles. The van der Waals surface area contributed by atoms with Gasteiger partial charge in [0.1, 0.15) is 0 Å². The number of rotatable bonds is 9. The minimum absolute atomic E-state index is 0.174. The van der Waals surface area contributed by atoms with Gasteiger partial charge in [0.2, 0.25) is 5.79 Å². The Bertz CT molecular complexity index is 725. The van der Waals surface area contributed by atoms with Gasteiger partial charge in [-0.15, -0.1) is 0 Å². The molecule has 8 heteroatoms. The molecule has 1 aliphatic heterocycles. The van der Waals surface area contributed by atoms with Crippen LogP contribution >= 0.6 is 0 Å². The number of esters is 1. The average Bonchev–Trinajstić information content (AvgIpc) is 2.87. The lowest BCUT2D eigenvalue weighted by Crippen LogP contribution is -2.55. The van der Waals surface area contributed by atoms with Crippen molar-refractivity contribution in [2.24, 2.45) is 0 Å². The van der Waals surface area contributed by atoms with Crippen LogP contribution in [0.1, 0.15) is 46.1 Å². The van der Waals surface area contributed by atoms with Gasteiger partial charge >= 0.3 is 12.0 Å². The van der Waals surface area contributed by atoms with Crippen LogP contribution in [0.3, 0.4) is 0 Å². The van der Waals surface area contributed by atoms with Crippen LogP contribution in [-0.2, 0) is 28.5 Å². The summed E-state index contributed by atoms with van der Waals surface area (Å²) in [4.78, 5) is 12.8. The number of hydrogen-bond acceptors (Lipinski definition) is 7. The second kappa shape index (κ2) is 9.43. The number of benzene rings is 1. The van der Waals surface area contributed by atoms with Crippen molar-refractivity contribution in [2.75, 3.05) is 21.3 Å². The van der Waals surface area contributed by atoms with E-state index in [1.165, 1.54) is 27.5 Å². The first-order valence-corrected chi connectivity index (χ1v) is 9.91. The zero-order valence-electron chi connectivity index (χ0n) is 18.8. The zero-order chi connectivity index (χ0) is 22.6. The summed E-state index contributed by atoms with van der Waals surface area (Å²) in [5.74, 6) is -2.32. The Kier molecular flexibility index (Phi) is 7.63. The van der Waals surface area contributed by atoms with Crippen molar-refractivity contribution in [3.05, 3.63) is 41.1 Å². The van der Waals surface area contributed by atoms with Crippen molar-refractivity contribution in [3.8, 4) is 0 Å². The number of methoxy groups -OCH3 is 3. The summed E-state index contributed by atoms with van der Waals surface area (Å²) in [6.45, 7) is 7.46. The molecule has 1 unspecified atom stereocenters. The number of carbonyl (C=O) groups excluding carboxylic acids is 1. The Balaban J connectivity index is 2.53. The summed E-state index contributed by atoms with van der Waals surface area (Å²) < 4.78 is 28.8. The van der Waals surface area contributed by atoms with Crippen molar-refractivity contribution in [1.29, 1.82) is 0 Å². The lowest BCUT2D eigenvalue weighted by molar-refractivity contribution is -0.529. The molecule has 1 aromatic carbocycles. The smallest absolute Gasteiger partial charge is 0.382 e. The average molecular weight is 424 g/mol. The first kappa shape index (κ1) is 24.3. The third-order valence-electron chi connectivity index (χ3n) is 5.73. The molecule has 30 heavy (non-hydrogen) atoms. The maximum Gasteiger partial charge on any atom is 0.382 e. The van der Waals surface area contributed by atoms with E-state index in [2.05, 4.69) is 0 Å². The van der Waals surface area contributed by atoms with Crippen LogP contribution in [-0.4, -0.2) is 67.6 Å². The summed E-state index contributed by atoms with van der Waals surface area (Å²) in [7, 11) is 4.27. The minimum atomic E-state index is -1.57. The molecule has 0 amide bonds. The third-order valence-corrected chi connectivity index (χ3v) is 5.73. The fourth-order valence-corrected chi connectivity index (χ4v) is 3.48. The van der Waals surface area contributed by atoms with E-state index < -0.39 is 35.3 Å². The molecule has 0 radical (unpaired) electrons. The molecule has 1 atom stereocenters. The largest absolute Gasteiger partial charge is 0.623 e. The first-order valence-electron chi connectivity index (χ1n) is 9.91. The van der Waals surface area contributed by atoms with Gasteiger partial charge in [-0.05, 0) is 39.8 Å². The van der Waals surface area contributed by atoms with Crippen LogP contribution in [0.25, 0.3) is 0 Å². The van der Waals surface area contributed by atoms with Crippen LogP contribution in [0.5, 0.6) is 0 Å². The topological polar surface area (TPSA) is 89.3 Å². The van der Waals surface area contributed by atoms with E-state index in [4.69, 9.17) is 23.7 Å². The molecule has 1 saturated heterocycles. The van der Waals surface area contributed by atoms with Gasteiger partial charge in [-0.25, -0.2) is 4.79 Å². The summed E-state index contributed by atoms with van der Waals surface area (Å²) in [6.07, 6.45) is 1.30. The highest BCUT2D eigenvalue weighted by atomic mass is 16.8. The van der Waals surface area contributed by atoms with E-state index in [1.54, 1.807) is 24.3 Å². The number of carbonyl (C=O) groups is 1. The monoisotopic (exact) mass is 423 g/mol. The zero-order valence-corrected chi connectivity index (χ0v) is 18.8. The lowest BCUT2D eigenvalue weighted by atomic mass is 9.90.